The third kappa shape index (κ3) is 3.38. The molecule has 0 N–H and O–H groups in total. The molecule has 23 heavy (non-hydrogen) atoms. The third-order valence-corrected chi connectivity index (χ3v) is 7.51. The minimum Gasteiger partial charge on any atom is -0.315 e. The van der Waals surface area contributed by atoms with Crippen LogP contribution in [0.4, 0.5) is 5.69 Å². The lowest BCUT2D eigenvalue weighted by Gasteiger charge is -2.26. The fourth-order valence-electron chi connectivity index (χ4n) is 2.82. The number of thioether (sulfide) groups is 1. The highest BCUT2D eigenvalue weighted by molar-refractivity contribution is 8.16. The maximum absolute atomic E-state index is 12.0. The van der Waals surface area contributed by atoms with Gasteiger partial charge in [0.25, 0.3) is 5.91 Å². The Balaban J connectivity index is 2.08. The summed E-state index contributed by atoms with van der Waals surface area (Å²) in [6.45, 7) is 1.91. The van der Waals surface area contributed by atoms with Gasteiger partial charge < -0.3 is 4.90 Å². The Hall–Kier alpha value is -0.760. The second-order valence-corrected chi connectivity index (χ2v) is 9.59. The van der Waals surface area contributed by atoms with Crippen molar-refractivity contribution in [3.63, 3.8) is 0 Å². The molecule has 124 valence electrons. The van der Waals surface area contributed by atoms with Gasteiger partial charge in [-0.15, -0.1) is 11.6 Å². The lowest BCUT2D eigenvalue weighted by molar-refractivity contribution is -0.115. The van der Waals surface area contributed by atoms with Crippen LogP contribution < -0.4 is 4.90 Å². The summed E-state index contributed by atoms with van der Waals surface area (Å²) in [4.78, 5) is 17.5. The number of carbonyl (C=O) groups is 1. The molecule has 3 rings (SSSR count). The van der Waals surface area contributed by atoms with Crippen LogP contribution >= 0.6 is 35.0 Å². The van der Waals surface area contributed by atoms with E-state index < -0.39 is 15.7 Å². The number of halogens is 2. The fraction of sp³-hybridized carbons (Fsp3) is 0.429. The van der Waals surface area contributed by atoms with E-state index in [2.05, 4.69) is 4.99 Å². The summed E-state index contributed by atoms with van der Waals surface area (Å²) >= 11 is 13.0. The van der Waals surface area contributed by atoms with E-state index in [0.717, 1.165) is 11.3 Å². The molecule has 2 heterocycles. The minimum atomic E-state index is -3.09. The number of carbonyl (C=O) groups excluding carboxylic acids is 1. The summed E-state index contributed by atoms with van der Waals surface area (Å²) in [7, 11) is -3.09. The summed E-state index contributed by atoms with van der Waals surface area (Å²) in [6, 6.07) is 5.16. The van der Waals surface area contributed by atoms with Gasteiger partial charge in [-0.2, -0.15) is 4.99 Å². The second kappa shape index (κ2) is 6.27. The number of benzene rings is 1. The van der Waals surface area contributed by atoms with Crippen molar-refractivity contribution >= 4 is 61.6 Å². The number of alkyl halides is 1. The number of rotatable bonds is 2. The first kappa shape index (κ1) is 17.1. The van der Waals surface area contributed by atoms with E-state index in [1.165, 1.54) is 11.8 Å². The number of aliphatic imine (C=N–C) groups is 1. The minimum absolute atomic E-state index is 0.0463. The molecule has 0 aromatic heterocycles. The Kier molecular flexibility index (Phi) is 4.66. The number of anilines is 1. The molecule has 2 atom stereocenters. The zero-order chi connectivity index (χ0) is 16.8. The molecule has 2 aliphatic rings. The van der Waals surface area contributed by atoms with Crippen LogP contribution in [0.2, 0.25) is 5.02 Å². The Bertz CT molecular complexity index is 795. The average Bonchev–Trinajstić information content (AvgIpc) is 2.92. The average molecular weight is 393 g/mol. The van der Waals surface area contributed by atoms with Crippen LogP contribution in [-0.2, 0) is 14.6 Å². The first-order valence-electron chi connectivity index (χ1n) is 6.90. The molecule has 0 spiro atoms. The van der Waals surface area contributed by atoms with Crippen LogP contribution in [0.15, 0.2) is 23.2 Å². The molecule has 0 radical (unpaired) electrons. The highest BCUT2D eigenvalue weighted by Gasteiger charge is 2.49. The van der Waals surface area contributed by atoms with Gasteiger partial charge in [-0.1, -0.05) is 29.4 Å². The quantitative estimate of drug-likeness (QED) is 0.723. The van der Waals surface area contributed by atoms with Gasteiger partial charge in [0.15, 0.2) is 15.0 Å². The summed E-state index contributed by atoms with van der Waals surface area (Å²) in [6.07, 6.45) is 0. The molecule has 2 aliphatic heterocycles. The lowest BCUT2D eigenvalue weighted by Crippen LogP contribution is -2.38. The van der Waals surface area contributed by atoms with E-state index in [1.54, 1.807) is 12.1 Å². The molecular formula is C14H14Cl2N2O3S2. The van der Waals surface area contributed by atoms with Crippen molar-refractivity contribution in [2.24, 2.45) is 4.99 Å². The number of hydrogen-bond acceptors (Lipinski definition) is 4. The summed E-state index contributed by atoms with van der Waals surface area (Å²) in [5, 5.41) is 0.897. The number of hydrogen-bond donors (Lipinski definition) is 0. The number of sulfone groups is 1. The Morgan fingerprint density at radius 3 is 2.87 bits per heavy atom. The molecule has 2 unspecified atom stereocenters. The van der Waals surface area contributed by atoms with E-state index in [4.69, 9.17) is 23.2 Å². The molecule has 5 nitrogen and oxygen atoms in total. The predicted molar refractivity (Wildman–Crippen MR) is 95.7 cm³/mol. The first-order chi connectivity index (χ1) is 10.8. The SMILES string of the molecule is Cc1ccc(Cl)cc1N1C(=NC(=O)CCl)SC2CS(=O)(=O)CC21. The molecule has 9 heteroatoms. The van der Waals surface area contributed by atoms with Crippen molar-refractivity contribution in [1.82, 2.24) is 0 Å². The smallest absolute Gasteiger partial charge is 0.262 e. The van der Waals surface area contributed by atoms with Crippen molar-refractivity contribution in [2.45, 2.75) is 18.2 Å². The summed E-state index contributed by atoms with van der Waals surface area (Å²) in [5.74, 6) is -0.515. The summed E-state index contributed by atoms with van der Waals surface area (Å²) < 4.78 is 23.9. The van der Waals surface area contributed by atoms with Crippen LogP contribution in [0.25, 0.3) is 0 Å². The Labute approximate surface area is 149 Å². The molecule has 1 aromatic rings. The van der Waals surface area contributed by atoms with E-state index in [9.17, 15) is 13.2 Å². The highest BCUT2D eigenvalue weighted by Crippen LogP contribution is 2.42. The summed E-state index contributed by atoms with van der Waals surface area (Å²) in [5.41, 5.74) is 1.71. The third-order valence-electron chi connectivity index (χ3n) is 3.83. The molecule has 1 aromatic carbocycles. The Morgan fingerprint density at radius 2 is 2.17 bits per heavy atom. The van der Waals surface area contributed by atoms with E-state index in [1.807, 2.05) is 17.9 Å². The zero-order valence-electron chi connectivity index (χ0n) is 12.2. The van der Waals surface area contributed by atoms with Crippen LogP contribution in [0.1, 0.15) is 5.56 Å². The molecule has 0 aliphatic carbocycles. The largest absolute Gasteiger partial charge is 0.315 e. The van der Waals surface area contributed by atoms with Crippen LogP contribution in [0.5, 0.6) is 0 Å². The highest BCUT2D eigenvalue weighted by atomic mass is 35.5. The van der Waals surface area contributed by atoms with Gasteiger partial charge in [0.2, 0.25) is 0 Å². The number of amides is 1. The predicted octanol–water partition coefficient (Wildman–Crippen LogP) is 2.49. The van der Waals surface area contributed by atoms with Crippen molar-refractivity contribution < 1.29 is 13.2 Å². The topological polar surface area (TPSA) is 66.8 Å². The van der Waals surface area contributed by atoms with Crippen LogP contribution in [-0.4, -0.2) is 48.2 Å². The number of aryl methyl sites for hydroxylation is 1. The number of fused-ring (bicyclic) bond motifs is 1. The van der Waals surface area contributed by atoms with Crippen molar-refractivity contribution in [1.29, 1.82) is 0 Å². The maximum atomic E-state index is 12.0. The molecule has 1 amide bonds. The van der Waals surface area contributed by atoms with Crippen molar-refractivity contribution in [3.05, 3.63) is 28.8 Å². The fourth-order valence-corrected chi connectivity index (χ4v) is 6.98. The van der Waals surface area contributed by atoms with Gasteiger partial charge in [0.05, 0.1) is 17.5 Å². The first-order valence-corrected chi connectivity index (χ1v) is 10.5. The van der Waals surface area contributed by atoms with Gasteiger partial charge >= 0.3 is 0 Å². The lowest BCUT2D eigenvalue weighted by atomic mass is 10.1. The molecule has 2 saturated heterocycles. The Morgan fingerprint density at radius 1 is 1.43 bits per heavy atom. The molecule has 0 saturated carbocycles. The van der Waals surface area contributed by atoms with Gasteiger partial charge in [-0.25, -0.2) is 8.42 Å². The van der Waals surface area contributed by atoms with Crippen LogP contribution in [0.3, 0.4) is 0 Å². The zero-order valence-corrected chi connectivity index (χ0v) is 15.3. The standard InChI is InChI=1S/C14H14Cl2N2O3S2/c1-8-2-3-9(16)4-10(8)18-11-6-23(20,21)7-12(11)22-14(18)17-13(19)5-15/h2-4,11-12H,5-7H2,1H3. The van der Waals surface area contributed by atoms with Crippen molar-refractivity contribution in [2.75, 3.05) is 22.3 Å². The maximum Gasteiger partial charge on any atom is 0.262 e. The van der Waals surface area contributed by atoms with Gasteiger partial charge in [0, 0.05) is 16.0 Å². The molecular weight excluding hydrogens is 379 g/mol. The van der Waals surface area contributed by atoms with Crippen molar-refractivity contribution in [3.8, 4) is 0 Å². The number of nitrogens with zero attached hydrogens (tertiary/aromatic N) is 2. The molecule has 2 fully saturated rings. The van der Waals surface area contributed by atoms with E-state index >= 15 is 0 Å². The normalized spacial score (nSPS) is 27.4. The van der Waals surface area contributed by atoms with E-state index in [0.29, 0.717) is 10.2 Å². The van der Waals surface area contributed by atoms with E-state index in [-0.39, 0.29) is 28.7 Å². The van der Waals surface area contributed by atoms with Gasteiger partial charge in [-0.05, 0) is 24.6 Å². The van der Waals surface area contributed by atoms with Gasteiger partial charge in [0.1, 0.15) is 5.88 Å². The molecule has 0 bridgehead atoms. The number of amidine groups is 1. The monoisotopic (exact) mass is 392 g/mol. The van der Waals surface area contributed by atoms with Crippen LogP contribution in [0, 0.1) is 6.92 Å². The second-order valence-electron chi connectivity index (χ2n) is 5.52. The van der Waals surface area contributed by atoms with Gasteiger partial charge in [-0.3, -0.25) is 4.79 Å².